The molecular formula is C14H16BrN3O2. The number of halogens is 1. The van der Waals surface area contributed by atoms with Gasteiger partial charge in [-0.15, -0.1) is 0 Å². The van der Waals surface area contributed by atoms with E-state index in [2.05, 4.69) is 27.3 Å². The van der Waals surface area contributed by atoms with Crippen LogP contribution in [0.5, 0.6) is 0 Å². The Morgan fingerprint density at radius 3 is 2.75 bits per heavy atom. The molecule has 106 valence electrons. The lowest BCUT2D eigenvalue weighted by molar-refractivity contribution is -0.130. The third-order valence-corrected chi connectivity index (χ3v) is 4.32. The number of hydrogen-bond donors (Lipinski definition) is 2. The first kappa shape index (κ1) is 15.0. The van der Waals surface area contributed by atoms with Crippen molar-refractivity contribution in [2.24, 2.45) is 11.1 Å². The number of hydrogen-bond acceptors (Lipinski definition) is 4. The van der Waals surface area contributed by atoms with Crippen molar-refractivity contribution in [1.82, 2.24) is 0 Å². The number of anilines is 1. The van der Waals surface area contributed by atoms with Gasteiger partial charge in [-0.2, -0.15) is 5.26 Å². The Hall–Kier alpha value is -1.42. The molecule has 0 aliphatic carbocycles. The van der Waals surface area contributed by atoms with Gasteiger partial charge in [-0.3, -0.25) is 4.79 Å². The second-order valence-corrected chi connectivity index (χ2v) is 5.71. The minimum absolute atomic E-state index is 0.0892. The SMILES string of the molecule is N#Cc1ccc(NC(=O)C2(CN)CCOCC2)c(Br)c1. The van der Waals surface area contributed by atoms with Gasteiger partial charge in [-0.25, -0.2) is 0 Å². The van der Waals surface area contributed by atoms with Crippen molar-refractivity contribution in [2.45, 2.75) is 12.8 Å². The van der Waals surface area contributed by atoms with Crippen molar-refractivity contribution in [2.75, 3.05) is 25.1 Å². The van der Waals surface area contributed by atoms with Crippen LogP contribution in [0.4, 0.5) is 5.69 Å². The lowest BCUT2D eigenvalue weighted by Crippen LogP contribution is -2.46. The number of nitrogens with one attached hydrogen (secondary N) is 1. The molecule has 1 aliphatic rings. The number of nitrogens with zero attached hydrogens (tertiary/aromatic N) is 1. The summed E-state index contributed by atoms with van der Waals surface area (Å²) in [7, 11) is 0. The van der Waals surface area contributed by atoms with Gasteiger partial charge < -0.3 is 15.8 Å². The van der Waals surface area contributed by atoms with Gasteiger partial charge in [0, 0.05) is 24.2 Å². The first-order valence-electron chi connectivity index (χ1n) is 6.40. The maximum absolute atomic E-state index is 12.5. The summed E-state index contributed by atoms with van der Waals surface area (Å²) in [5.41, 5.74) is 6.42. The van der Waals surface area contributed by atoms with Gasteiger partial charge in [0.1, 0.15) is 0 Å². The van der Waals surface area contributed by atoms with Gasteiger partial charge in [0.05, 0.1) is 22.7 Å². The number of rotatable bonds is 3. The van der Waals surface area contributed by atoms with Crippen molar-refractivity contribution in [3.8, 4) is 6.07 Å². The minimum Gasteiger partial charge on any atom is -0.381 e. The number of benzene rings is 1. The Bertz CT molecular complexity index is 548. The Labute approximate surface area is 126 Å². The van der Waals surface area contributed by atoms with Crippen LogP contribution < -0.4 is 11.1 Å². The van der Waals surface area contributed by atoms with Gasteiger partial charge in [0.2, 0.25) is 5.91 Å². The van der Waals surface area contributed by atoms with Crippen LogP contribution in [0, 0.1) is 16.7 Å². The van der Waals surface area contributed by atoms with Gasteiger partial charge >= 0.3 is 0 Å². The molecule has 1 aliphatic heterocycles. The van der Waals surface area contributed by atoms with Gasteiger partial charge in [-0.05, 0) is 47.0 Å². The van der Waals surface area contributed by atoms with E-state index in [0.717, 1.165) is 0 Å². The molecule has 0 unspecified atom stereocenters. The number of carbonyl (C=O) groups excluding carboxylic acids is 1. The van der Waals surface area contributed by atoms with Crippen LogP contribution in [0.3, 0.4) is 0 Å². The molecule has 0 spiro atoms. The number of nitrogens with two attached hydrogens (primary N) is 1. The highest BCUT2D eigenvalue weighted by atomic mass is 79.9. The van der Waals surface area contributed by atoms with E-state index in [4.69, 9.17) is 15.7 Å². The van der Waals surface area contributed by atoms with E-state index in [0.29, 0.717) is 48.3 Å². The van der Waals surface area contributed by atoms with Crippen LogP contribution >= 0.6 is 15.9 Å². The number of amides is 1. The lowest BCUT2D eigenvalue weighted by atomic mass is 9.79. The molecule has 1 saturated heterocycles. The van der Waals surface area contributed by atoms with Crippen LogP contribution in [0.2, 0.25) is 0 Å². The van der Waals surface area contributed by atoms with Crippen LogP contribution in [-0.2, 0) is 9.53 Å². The normalized spacial score (nSPS) is 17.2. The smallest absolute Gasteiger partial charge is 0.232 e. The minimum atomic E-state index is -0.564. The Balaban J connectivity index is 2.16. The zero-order valence-electron chi connectivity index (χ0n) is 11.0. The van der Waals surface area contributed by atoms with E-state index in [1.165, 1.54) is 0 Å². The quantitative estimate of drug-likeness (QED) is 0.882. The molecule has 0 bridgehead atoms. The molecule has 1 aromatic carbocycles. The molecule has 0 saturated carbocycles. The van der Waals surface area contributed by atoms with Crippen molar-refractivity contribution in [3.63, 3.8) is 0 Å². The van der Waals surface area contributed by atoms with E-state index in [1.54, 1.807) is 18.2 Å². The first-order chi connectivity index (χ1) is 9.61. The molecule has 1 aromatic rings. The van der Waals surface area contributed by atoms with Gasteiger partial charge in [-0.1, -0.05) is 0 Å². The molecule has 0 radical (unpaired) electrons. The average Bonchev–Trinajstić information content (AvgIpc) is 2.49. The van der Waals surface area contributed by atoms with Crippen molar-refractivity contribution in [3.05, 3.63) is 28.2 Å². The predicted molar refractivity (Wildman–Crippen MR) is 79.0 cm³/mol. The highest BCUT2D eigenvalue weighted by molar-refractivity contribution is 9.10. The molecule has 2 rings (SSSR count). The summed E-state index contributed by atoms with van der Waals surface area (Å²) >= 11 is 3.36. The Morgan fingerprint density at radius 2 is 2.20 bits per heavy atom. The van der Waals surface area contributed by atoms with E-state index in [1.807, 2.05) is 0 Å². The summed E-state index contributed by atoms with van der Waals surface area (Å²) < 4.78 is 5.98. The van der Waals surface area contributed by atoms with E-state index in [9.17, 15) is 4.79 Å². The monoisotopic (exact) mass is 337 g/mol. The molecule has 0 aromatic heterocycles. The van der Waals surface area contributed by atoms with Crippen LogP contribution in [0.25, 0.3) is 0 Å². The number of ether oxygens (including phenoxy) is 1. The Morgan fingerprint density at radius 1 is 1.50 bits per heavy atom. The molecule has 6 heteroatoms. The number of carbonyl (C=O) groups is 1. The van der Waals surface area contributed by atoms with Crippen LogP contribution in [0.15, 0.2) is 22.7 Å². The zero-order chi connectivity index (χ0) is 14.6. The summed E-state index contributed by atoms with van der Waals surface area (Å²) in [4.78, 5) is 12.5. The van der Waals surface area contributed by atoms with E-state index in [-0.39, 0.29) is 5.91 Å². The second kappa shape index (κ2) is 6.35. The molecule has 1 fully saturated rings. The molecule has 1 heterocycles. The van der Waals surface area contributed by atoms with E-state index >= 15 is 0 Å². The summed E-state index contributed by atoms with van der Waals surface area (Å²) in [6, 6.07) is 7.10. The largest absolute Gasteiger partial charge is 0.381 e. The average molecular weight is 338 g/mol. The molecular weight excluding hydrogens is 322 g/mol. The highest BCUT2D eigenvalue weighted by Crippen LogP contribution is 2.32. The van der Waals surface area contributed by atoms with Crippen molar-refractivity contribution >= 4 is 27.5 Å². The zero-order valence-corrected chi connectivity index (χ0v) is 12.6. The fourth-order valence-electron chi connectivity index (χ4n) is 2.23. The fraction of sp³-hybridized carbons (Fsp3) is 0.429. The van der Waals surface area contributed by atoms with Gasteiger partial charge in [0.25, 0.3) is 0 Å². The van der Waals surface area contributed by atoms with Crippen molar-refractivity contribution in [1.29, 1.82) is 5.26 Å². The maximum Gasteiger partial charge on any atom is 0.232 e. The third kappa shape index (κ3) is 3.01. The number of nitriles is 1. The van der Waals surface area contributed by atoms with Crippen LogP contribution in [0.1, 0.15) is 18.4 Å². The third-order valence-electron chi connectivity index (χ3n) is 3.67. The topological polar surface area (TPSA) is 88.1 Å². The molecule has 1 amide bonds. The molecule has 3 N–H and O–H groups in total. The van der Waals surface area contributed by atoms with Crippen molar-refractivity contribution < 1.29 is 9.53 Å². The Kier molecular flexibility index (Phi) is 4.76. The van der Waals surface area contributed by atoms with E-state index < -0.39 is 5.41 Å². The molecule has 20 heavy (non-hydrogen) atoms. The fourth-order valence-corrected chi connectivity index (χ4v) is 2.70. The maximum atomic E-state index is 12.5. The lowest BCUT2D eigenvalue weighted by Gasteiger charge is -2.34. The summed E-state index contributed by atoms with van der Waals surface area (Å²) in [6.45, 7) is 1.41. The highest BCUT2D eigenvalue weighted by Gasteiger charge is 2.38. The summed E-state index contributed by atoms with van der Waals surface area (Å²) in [5, 5.41) is 11.7. The standard InChI is InChI=1S/C14H16BrN3O2/c15-11-7-10(8-16)1-2-12(11)18-13(19)14(9-17)3-5-20-6-4-14/h1-2,7H,3-6,9,17H2,(H,18,19). The summed E-state index contributed by atoms with van der Waals surface area (Å²) in [6.07, 6.45) is 1.26. The second-order valence-electron chi connectivity index (χ2n) is 4.86. The van der Waals surface area contributed by atoms with Gasteiger partial charge in [0.15, 0.2) is 0 Å². The summed E-state index contributed by atoms with van der Waals surface area (Å²) in [5.74, 6) is -0.0892. The predicted octanol–water partition coefficient (Wildman–Crippen LogP) is 2.01. The van der Waals surface area contributed by atoms with Crippen LogP contribution in [-0.4, -0.2) is 25.7 Å². The first-order valence-corrected chi connectivity index (χ1v) is 7.19. The molecule has 0 atom stereocenters. The molecule has 5 nitrogen and oxygen atoms in total.